The van der Waals surface area contributed by atoms with E-state index in [1.165, 1.54) is 16.8 Å². The van der Waals surface area contributed by atoms with Crippen LogP contribution < -0.4 is 10.9 Å². The van der Waals surface area contributed by atoms with Crippen molar-refractivity contribution in [3.63, 3.8) is 0 Å². The van der Waals surface area contributed by atoms with E-state index < -0.39 is 0 Å². The molecule has 1 aromatic carbocycles. The highest BCUT2D eigenvalue weighted by molar-refractivity contribution is 6.08. The van der Waals surface area contributed by atoms with Crippen molar-refractivity contribution in [1.82, 2.24) is 14.6 Å². The van der Waals surface area contributed by atoms with Crippen LogP contribution in [0.1, 0.15) is 27.2 Å². The smallest absolute Gasteiger partial charge is 0.272 e. The second-order valence-corrected chi connectivity index (χ2v) is 5.35. The molecule has 2 N–H and O–H groups in total. The first-order valence-electron chi connectivity index (χ1n) is 6.92. The highest BCUT2D eigenvalue weighted by Crippen LogP contribution is 2.18. The third kappa shape index (κ3) is 2.39. The predicted octanol–water partition coefficient (Wildman–Crippen LogP) is 2.20. The third-order valence-electron chi connectivity index (χ3n) is 3.50. The molecule has 1 amide bonds. The van der Waals surface area contributed by atoms with Crippen LogP contribution in [0.25, 0.3) is 5.65 Å². The molecule has 0 unspecified atom stereocenters. The number of benzene rings is 1. The van der Waals surface area contributed by atoms with Gasteiger partial charge in [0.05, 0.1) is 0 Å². The summed E-state index contributed by atoms with van der Waals surface area (Å²) in [5.41, 5.74) is 3.84. The summed E-state index contributed by atoms with van der Waals surface area (Å²) in [6.07, 6.45) is 1.49. The number of carbonyl (C=O) groups is 1. The van der Waals surface area contributed by atoms with Gasteiger partial charge in [0.2, 0.25) is 0 Å². The first kappa shape index (κ1) is 14.1. The fourth-order valence-corrected chi connectivity index (χ4v) is 2.41. The summed E-state index contributed by atoms with van der Waals surface area (Å²) in [4.78, 5) is 28.6. The average Bonchev–Trinajstić information content (AvgIpc) is 2.86. The molecule has 0 saturated carbocycles. The molecule has 0 fully saturated rings. The van der Waals surface area contributed by atoms with Crippen molar-refractivity contribution >= 4 is 17.2 Å². The Morgan fingerprint density at radius 1 is 1.23 bits per heavy atom. The Kier molecular flexibility index (Phi) is 3.29. The number of rotatable bonds is 2. The Morgan fingerprint density at radius 2 is 2.00 bits per heavy atom. The fourth-order valence-electron chi connectivity index (χ4n) is 2.41. The molecule has 6 nitrogen and oxygen atoms in total. The van der Waals surface area contributed by atoms with Gasteiger partial charge >= 0.3 is 0 Å². The van der Waals surface area contributed by atoms with Crippen molar-refractivity contribution < 1.29 is 4.79 Å². The van der Waals surface area contributed by atoms with Crippen LogP contribution >= 0.6 is 0 Å². The van der Waals surface area contributed by atoms with Gasteiger partial charge in [0.1, 0.15) is 5.56 Å². The molecular formula is C16H16N4O2. The quantitative estimate of drug-likeness (QED) is 0.761. The van der Waals surface area contributed by atoms with E-state index in [0.29, 0.717) is 16.9 Å². The Labute approximate surface area is 126 Å². The van der Waals surface area contributed by atoms with Gasteiger partial charge in [-0.25, -0.2) is 9.50 Å². The van der Waals surface area contributed by atoms with Gasteiger partial charge in [0, 0.05) is 23.6 Å². The van der Waals surface area contributed by atoms with Gasteiger partial charge in [-0.3, -0.25) is 14.7 Å². The average molecular weight is 296 g/mol. The van der Waals surface area contributed by atoms with Crippen LogP contribution in [-0.4, -0.2) is 20.5 Å². The monoisotopic (exact) mass is 296 g/mol. The number of fused-ring (bicyclic) bond motifs is 1. The second-order valence-electron chi connectivity index (χ2n) is 5.35. The Balaban J connectivity index is 2.01. The molecule has 0 bridgehead atoms. The summed E-state index contributed by atoms with van der Waals surface area (Å²) in [6, 6.07) is 7.21. The minimum atomic E-state index is -0.303. The lowest BCUT2D eigenvalue weighted by molar-refractivity contribution is 0.102. The number of nitrogens with zero attached hydrogens (tertiary/aromatic N) is 2. The molecule has 0 radical (unpaired) electrons. The van der Waals surface area contributed by atoms with Crippen molar-refractivity contribution in [3.8, 4) is 0 Å². The number of hydrogen-bond acceptors (Lipinski definition) is 3. The van der Waals surface area contributed by atoms with Gasteiger partial charge < -0.3 is 5.32 Å². The minimum absolute atomic E-state index is 0.243. The number of carbonyl (C=O) groups excluding carboxylic acids is 1. The predicted molar refractivity (Wildman–Crippen MR) is 84.4 cm³/mol. The van der Waals surface area contributed by atoms with E-state index in [2.05, 4.69) is 15.4 Å². The fraction of sp³-hybridized carbons (Fsp3) is 0.188. The third-order valence-corrected chi connectivity index (χ3v) is 3.50. The maximum absolute atomic E-state index is 12.5. The largest absolute Gasteiger partial charge is 0.322 e. The number of aromatic amines is 1. The normalized spacial score (nSPS) is 10.9. The summed E-state index contributed by atoms with van der Waals surface area (Å²) in [6.45, 7) is 5.66. The molecular weight excluding hydrogens is 280 g/mol. The van der Waals surface area contributed by atoms with Gasteiger partial charge in [-0.2, -0.15) is 0 Å². The highest BCUT2D eigenvalue weighted by atomic mass is 16.2. The molecule has 112 valence electrons. The molecule has 0 atom stereocenters. The van der Waals surface area contributed by atoms with E-state index in [1.807, 2.05) is 32.0 Å². The van der Waals surface area contributed by atoms with Crippen LogP contribution in [0.3, 0.4) is 0 Å². The lowest BCUT2D eigenvalue weighted by Gasteiger charge is -2.08. The highest BCUT2D eigenvalue weighted by Gasteiger charge is 2.15. The maximum Gasteiger partial charge on any atom is 0.272 e. The number of amides is 1. The van der Waals surface area contributed by atoms with E-state index in [0.717, 1.165) is 16.8 Å². The summed E-state index contributed by atoms with van der Waals surface area (Å²) in [7, 11) is 0. The Hall–Kier alpha value is -2.89. The van der Waals surface area contributed by atoms with Crippen molar-refractivity contribution in [2.24, 2.45) is 0 Å². The van der Waals surface area contributed by atoms with E-state index in [9.17, 15) is 9.59 Å². The van der Waals surface area contributed by atoms with Gasteiger partial charge in [-0.15, -0.1) is 0 Å². The van der Waals surface area contributed by atoms with Crippen molar-refractivity contribution in [3.05, 3.63) is 63.2 Å². The van der Waals surface area contributed by atoms with Gasteiger partial charge in [0.15, 0.2) is 5.65 Å². The van der Waals surface area contributed by atoms with Crippen LogP contribution in [0, 0.1) is 20.8 Å². The van der Waals surface area contributed by atoms with E-state index in [-0.39, 0.29) is 11.5 Å². The number of anilines is 1. The van der Waals surface area contributed by atoms with Crippen LogP contribution in [0.15, 0.2) is 35.3 Å². The first-order valence-corrected chi connectivity index (χ1v) is 6.92. The number of nitrogens with one attached hydrogen (secondary N) is 2. The lowest BCUT2D eigenvalue weighted by Crippen LogP contribution is -2.17. The molecule has 6 heteroatoms. The molecule has 0 spiro atoms. The molecule has 3 aromatic rings. The SMILES string of the molecule is Cc1ccc(NC(=O)c2c[nH]n3c(=O)cc(C)nc23)c(C)c1. The van der Waals surface area contributed by atoms with Crippen molar-refractivity contribution in [1.29, 1.82) is 0 Å². The lowest BCUT2D eigenvalue weighted by atomic mass is 10.1. The van der Waals surface area contributed by atoms with E-state index in [1.54, 1.807) is 6.92 Å². The minimum Gasteiger partial charge on any atom is -0.322 e. The summed E-state index contributed by atoms with van der Waals surface area (Å²) >= 11 is 0. The molecule has 0 aliphatic carbocycles. The maximum atomic E-state index is 12.5. The zero-order valence-electron chi connectivity index (χ0n) is 12.6. The second kappa shape index (κ2) is 5.14. The first-order chi connectivity index (χ1) is 10.5. The molecule has 3 rings (SSSR count). The Bertz CT molecular complexity index is 937. The van der Waals surface area contributed by atoms with E-state index >= 15 is 0 Å². The van der Waals surface area contributed by atoms with Crippen LogP contribution in [0.5, 0.6) is 0 Å². The van der Waals surface area contributed by atoms with Crippen molar-refractivity contribution in [2.75, 3.05) is 5.32 Å². The number of aromatic nitrogens is 3. The van der Waals surface area contributed by atoms with Crippen molar-refractivity contribution in [2.45, 2.75) is 20.8 Å². The summed E-state index contributed by atoms with van der Waals surface area (Å²) < 4.78 is 1.25. The van der Waals surface area contributed by atoms with Crippen LogP contribution in [0.2, 0.25) is 0 Å². The van der Waals surface area contributed by atoms with Gasteiger partial charge in [-0.05, 0) is 32.4 Å². The zero-order valence-corrected chi connectivity index (χ0v) is 12.6. The number of aryl methyl sites for hydroxylation is 3. The van der Waals surface area contributed by atoms with Crippen LogP contribution in [-0.2, 0) is 0 Å². The Morgan fingerprint density at radius 3 is 2.73 bits per heavy atom. The zero-order chi connectivity index (χ0) is 15.9. The van der Waals surface area contributed by atoms with Gasteiger partial charge in [-0.1, -0.05) is 17.7 Å². The molecule has 2 heterocycles. The molecule has 0 saturated heterocycles. The molecule has 2 aromatic heterocycles. The number of hydrogen-bond donors (Lipinski definition) is 2. The number of H-pyrrole nitrogens is 1. The topological polar surface area (TPSA) is 79.3 Å². The summed E-state index contributed by atoms with van der Waals surface area (Å²) in [5, 5.41) is 5.61. The van der Waals surface area contributed by atoms with Gasteiger partial charge in [0.25, 0.3) is 11.5 Å². The molecule has 0 aliphatic rings. The standard InChI is InChI=1S/C16H16N4O2/c1-9-4-5-13(10(2)6-9)19-16(22)12-8-17-20-14(21)7-11(3)18-15(12)20/h4-8,17H,1-3H3,(H,19,22). The molecule has 22 heavy (non-hydrogen) atoms. The van der Waals surface area contributed by atoms with Crippen LogP contribution in [0.4, 0.5) is 5.69 Å². The molecule has 0 aliphatic heterocycles. The summed E-state index contributed by atoms with van der Waals surface area (Å²) in [5.74, 6) is -0.303. The van der Waals surface area contributed by atoms with E-state index in [4.69, 9.17) is 0 Å².